The summed E-state index contributed by atoms with van der Waals surface area (Å²) in [6, 6.07) is 0. The van der Waals surface area contributed by atoms with Gasteiger partial charge in [-0.2, -0.15) is 0 Å². The van der Waals surface area contributed by atoms with E-state index in [1.165, 1.54) is 11.3 Å². The van der Waals surface area contributed by atoms with Gasteiger partial charge >= 0.3 is 0 Å². The van der Waals surface area contributed by atoms with Gasteiger partial charge in [0.15, 0.2) is 5.06 Å². The van der Waals surface area contributed by atoms with Crippen molar-refractivity contribution in [2.75, 3.05) is 13.2 Å². The van der Waals surface area contributed by atoms with Gasteiger partial charge in [-0.25, -0.2) is 4.98 Å². The van der Waals surface area contributed by atoms with E-state index >= 15 is 0 Å². The maximum absolute atomic E-state index is 8.32. The van der Waals surface area contributed by atoms with E-state index in [1.807, 2.05) is 0 Å². The Morgan fingerprint density at radius 1 is 1.78 bits per heavy atom. The molecule has 0 bridgehead atoms. The molecule has 0 aliphatic rings. The molecule has 0 fully saturated rings. The zero-order valence-corrected chi connectivity index (χ0v) is 5.60. The lowest BCUT2D eigenvalue weighted by Crippen LogP contribution is -1.99. The van der Waals surface area contributed by atoms with Crippen molar-refractivity contribution < 1.29 is 9.84 Å². The van der Waals surface area contributed by atoms with Gasteiger partial charge in [-0.3, -0.25) is 0 Å². The summed E-state index contributed by atoms with van der Waals surface area (Å²) in [7, 11) is 0. The number of aromatic nitrogens is 1. The van der Waals surface area contributed by atoms with Gasteiger partial charge in [-0.05, 0) is 0 Å². The third-order valence-corrected chi connectivity index (χ3v) is 1.43. The highest BCUT2D eigenvalue weighted by Crippen LogP contribution is 2.14. The summed E-state index contributed by atoms with van der Waals surface area (Å²) in [5.41, 5.74) is 1.69. The Balaban J connectivity index is 2.30. The van der Waals surface area contributed by atoms with E-state index in [0.717, 1.165) is 5.06 Å². The second kappa shape index (κ2) is 3.42. The van der Waals surface area contributed by atoms with Crippen LogP contribution in [0.2, 0.25) is 0 Å². The van der Waals surface area contributed by atoms with Crippen molar-refractivity contribution >= 4 is 11.3 Å². The number of nitrogens with zero attached hydrogens (tertiary/aromatic N) is 1. The van der Waals surface area contributed by atoms with Gasteiger partial charge in [0.05, 0.1) is 18.3 Å². The summed E-state index contributed by atoms with van der Waals surface area (Å²) in [5.74, 6) is 0. The van der Waals surface area contributed by atoms with Crippen molar-refractivity contribution in [3.8, 4) is 5.06 Å². The highest BCUT2D eigenvalue weighted by Gasteiger charge is 1.90. The van der Waals surface area contributed by atoms with Crippen LogP contribution in [0, 0.1) is 0 Å². The van der Waals surface area contributed by atoms with E-state index in [2.05, 4.69) is 4.98 Å². The lowest BCUT2D eigenvalue weighted by Gasteiger charge is -1.95. The number of aliphatic hydroxyl groups is 1. The molecule has 0 amide bonds. The first-order valence-electron chi connectivity index (χ1n) is 2.55. The molecule has 0 aromatic carbocycles. The average molecular weight is 145 g/mol. The van der Waals surface area contributed by atoms with Crippen molar-refractivity contribution in [2.45, 2.75) is 0 Å². The second-order valence-corrected chi connectivity index (χ2v) is 2.24. The molecule has 1 N–H and O–H groups in total. The number of aliphatic hydroxyl groups excluding tert-OH is 1. The van der Waals surface area contributed by atoms with Gasteiger partial charge in [-0.1, -0.05) is 11.3 Å². The topological polar surface area (TPSA) is 42.4 Å². The van der Waals surface area contributed by atoms with Crippen LogP contribution in [0.5, 0.6) is 5.06 Å². The summed E-state index contributed by atoms with van der Waals surface area (Å²) < 4.78 is 5.00. The van der Waals surface area contributed by atoms with E-state index in [0.29, 0.717) is 6.61 Å². The molecule has 3 nitrogen and oxygen atoms in total. The quantitative estimate of drug-likeness (QED) is 0.674. The van der Waals surface area contributed by atoms with Crippen molar-refractivity contribution in [3.63, 3.8) is 0 Å². The Kier molecular flexibility index (Phi) is 2.48. The largest absolute Gasteiger partial charge is 0.480 e. The van der Waals surface area contributed by atoms with Crippen LogP contribution in [0.15, 0.2) is 11.7 Å². The van der Waals surface area contributed by atoms with Crippen LogP contribution < -0.4 is 4.74 Å². The maximum atomic E-state index is 8.32. The SMILES string of the molecule is OCCOc1cncs1. The lowest BCUT2D eigenvalue weighted by atomic mass is 10.8. The number of hydrogen-bond acceptors (Lipinski definition) is 4. The molecule has 4 heteroatoms. The zero-order valence-electron chi connectivity index (χ0n) is 4.78. The maximum Gasteiger partial charge on any atom is 0.193 e. The molecule has 0 saturated carbocycles. The van der Waals surface area contributed by atoms with E-state index in [-0.39, 0.29) is 6.61 Å². The Morgan fingerprint density at radius 2 is 2.67 bits per heavy atom. The Hall–Kier alpha value is -0.610. The lowest BCUT2D eigenvalue weighted by molar-refractivity contribution is 0.204. The first kappa shape index (κ1) is 6.51. The molecule has 9 heavy (non-hydrogen) atoms. The third-order valence-electron chi connectivity index (χ3n) is 0.745. The van der Waals surface area contributed by atoms with Crippen LogP contribution in [0.3, 0.4) is 0 Å². The molecule has 1 rings (SSSR count). The molecule has 0 atom stereocenters. The molecule has 0 spiro atoms. The van der Waals surface area contributed by atoms with Crippen molar-refractivity contribution in [3.05, 3.63) is 11.7 Å². The van der Waals surface area contributed by atoms with E-state index in [4.69, 9.17) is 9.84 Å². The minimum Gasteiger partial charge on any atom is -0.480 e. The molecule has 50 valence electrons. The van der Waals surface area contributed by atoms with Gasteiger partial charge < -0.3 is 9.84 Å². The molecule has 0 aliphatic carbocycles. The van der Waals surface area contributed by atoms with Gasteiger partial charge in [0.25, 0.3) is 0 Å². The summed E-state index contributed by atoms with van der Waals surface area (Å²) in [5, 5.41) is 9.08. The molecule has 0 aliphatic heterocycles. The Labute approximate surface area is 56.9 Å². The second-order valence-electron chi connectivity index (χ2n) is 1.39. The summed E-state index contributed by atoms with van der Waals surface area (Å²) in [6.45, 7) is 0.403. The minimum atomic E-state index is 0.0535. The molecule has 0 unspecified atom stereocenters. The first-order chi connectivity index (χ1) is 4.43. The first-order valence-corrected chi connectivity index (χ1v) is 3.43. The standard InChI is InChI=1S/C5H7NO2S/c7-1-2-8-5-3-6-4-9-5/h3-4,7H,1-2H2. The van der Waals surface area contributed by atoms with Crippen molar-refractivity contribution in [1.29, 1.82) is 0 Å². The number of ether oxygens (including phenoxy) is 1. The highest BCUT2D eigenvalue weighted by molar-refractivity contribution is 7.11. The Morgan fingerprint density at radius 3 is 3.22 bits per heavy atom. The van der Waals surface area contributed by atoms with Crippen LogP contribution in [0.25, 0.3) is 0 Å². The number of rotatable bonds is 3. The predicted molar refractivity (Wildman–Crippen MR) is 34.7 cm³/mol. The smallest absolute Gasteiger partial charge is 0.193 e. The van der Waals surface area contributed by atoms with Gasteiger partial charge in [0, 0.05) is 0 Å². The molecular weight excluding hydrogens is 138 g/mol. The van der Waals surface area contributed by atoms with Crippen LogP contribution in [0.4, 0.5) is 0 Å². The zero-order chi connectivity index (χ0) is 6.53. The third kappa shape index (κ3) is 1.99. The molecule has 1 heterocycles. The monoisotopic (exact) mass is 145 g/mol. The number of hydrogen-bond donors (Lipinski definition) is 1. The van der Waals surface area contributed by atoms with Crippen LogP contribution >= 0.6 is 11.3 Å². The van der Waals surface area contributed by atoms with E-state index in [9.17, 15) is 0 Å². The number of thiazole rings is 1. The van der Waals surface area contributed by atoms with Crippen molar-refractivity contribution in [1.82, 2.24) is 4.98 Å². The van der Waals surface area contributed by atoms with Crippen LogP contribution in [0.1, 0.15) is 0 Å². The fraction of sp³-hybridized carbons (Fsp3) is 0.400. The van der Waals surface area contributed by atoms with E-state index in [1.54, 1.807) is 11.7 Å². The molecule has 1 aromatic heterocycles. The van der Waals surface area contributed by atoms with Crippen molar-refractivity contribution in [2.24, 2.45) is 0 Å². The average Bonchev–Trinajstić information content (AvgIpc) is 2.34. The fourth-order valence-corrected chi connectivity index (χ4v) is 0.920. The van der Waals surface area contributed by atoms with Crippen LogP contribution in [-0.2, 0) is 0 Å². The predicted octanol–water partition coefficient (Wildman–Crippen LogP) is 0.514. The summed E-state index contributed by atoms with van der Waals surface area (Å²) in [6.07, 6.45) is 1.63. The van der Waals surface area contributed by atoms with Gasteiger partial charge in [-0.15, -0.1) is 0 Å². The Bertz CT molecular complexity index is 152. The molecule has 0 radical (unpaired) electrons. The minimum absolute atomic E-state index is 0.0535. The molecule has 1 aromatic rings. The fourth-order valence-electron chi connectivity index (χ4n) is 0.422. The summed E-state index contributed by atoms with van der Waals surface area (Å²) >= 11 is 1.42. The van der Waals surface area contributed by atoms with E-state index < -0.39 is 0 Å². The van der Waals surface area contributed by atoms with Crippen LogP contribution in [-0.4, -0.2) is 23.3 Å². The molecule has 0 saturated heterocycles. The normalized spacial score (nSPS) is 9.44. The summed E-state index contributed by atoms with van der Waals surface area (Å²) in [4.78, 5) is 3.79. The molecular formula is C5H7NO2S. The van der Waals surface area contributed by atoms with Gasteiger partial charge in [0.2, 0.25) is 0 Å². The van der Waals surface area contributed by atoms with Gasteiger partial charge in [0.1, 0.15) is 6.61 Å². The highest BCUT2D eigenvalue weighted by atomic mass is 32.1.